The third-order valence-electron chi connectivity index (χ3n) is 3.77. The molecule has 119 valence electrons. The van der Waals surface area contributed by atoms with E-state index >= 15 is 0 Å². The Balaban J connectivity index is 1.80. The molecule has 0 unspecified atom stereocenters. The van der Waals surface area contributed by atoms with Crippen molar-refractivity contribution in [1.82, 2.24) is 4.98 Å². The van der Waals surface area contributed by atoms with E-state index in [0.717, 1.165) is 22.4 Å². The molecule has 0 atom stereocenters. The van der Waals surface area contributed by atoms with Crippen LogP contribution in [-0.4, -0.2) is 16.0 Å². The standard InChI is InChI=1S/C20H17N2O2/c21-20(24)19-7-2-1-4-14(19)8-9-17-12-16(10-11-22-17)15-5-3-6-18(23)13-15/h1-7,9-13,23H,8H2,(H2,21,24). The SMILES string of the molecule is NC(=O)c1ccccc1C[CH]c1cc(-c2cccc(O)c2)ccn1. The first-order chi connectivity index (χ1) is 11.6. The Hall–Kier alpha value is -3.14. The molecule has 2 aromatic carbocycles. The first kappa shape index (κ1) is 15.7. The van der Waals surface area contributed by atoms with E-state index in [9.17, 15) is 9.90 Å². The zero-order valence-electron chi connectivity index (χ0n) is 13.0. The lowest BCUT2D eigenvalue weighted by Crippen LogP contribution is -2.13. The summed E-state index contributed by atoms with van der Waals surface area (Å²) >= 11 is 0. The number of nitrogens with two attached hydrogens (primary N) is 1. The summed E-state index contributed by atoms with van der Waals surface area (Å²) in [5, 5.41) is 9.61. The number of aromatic hydroxyl groups is 1. The van der Waals surface area contributed by atoms with Gasteiger partial charge in [-0.2, -0.15) is 0 Å². The van der Waals surface area contributed by atoms with Crippen molar-refractivity contribution in [3.8, 4) is 16.9 Å². The lowest BCUT2D eigenvalue weighted by Gasteiger charge is -2.07. The minimum atomic E-state index is -0.430. The topological polar surface area (TPSA) is 76.2 Å². The molecule has 3 N–H and O–H groups in total. The van der Waals surface area contributed by atoms with E-state index in [0.29, 0.717) is 12.0 Å². The molecule has 1 heterocycles. The maximum Gasteiger partial charge on any atom is 0.248 e. The van der Waals surface area contributed by atoms with E-state index < -0.39 is 5.91 Å². The summed E-state index contributed by atoms with van der Waals surface area (Å²) in [6, 6.07) is 18.2. The van der Waals surface area contributed by atoms with Gasteiger partial charge in [-0.25, -0.2) is 0 Å². The summed E-state index contributed by atoms with van der Waals surface area (Å²) in [6.07, 6.45) is 4.24. The zero-order valence-corrected chi connectivity index (χ0v) is 13.0. The van der Waals surface area contributed by atoms with E-state index in [1.165, 1.54) is 0 Å². The Morgan fingerprint density at radius 3 is 2.62 bits per heavy atom. The van der Waals surface area contributed by atoms with Gasteiger partial charge in [0.05, 0.1) is 0 Å². The van der Waals surface area contributed by atoms with Gasteiger partial charge in [-0.15, -0.1) is 0 Å². The van der Waals surface area contributed by atoms with Crippen LogP contribution >= 0.6 is 0 Å². The second-order valence-electron chi connectivity index (χ2n) is 5.45. The molecule has 3 aromatic rings. The summed E-state index contributed by atoms with van der Waals surface area (Å²) < 4.78 is 0. The maximum atomic E-state index is 11.5. The Morgan fingerprint density at radius 2 is 1.83 bits per heavy atom. The van der Waals surface area contributed by atoms with E-state index in [-0.39, 0.29) is 5.75 Å². The Morgan fingerprint density at radius 1 is 1.04 bits per heavy atom. The number of amides is 1. The summed E-state index contributed by atoms with van der Waals surface area (Å²) in [7, 11) is 0. The molecule has 4 heteroatoms. The van der Waals surface area contributed by atoms with E-state index in [1.54, 1.807) is 36.5 Å². The van der Waals surface area contributed by atoms with Gasteiger partial charge >= 0.3 is 0 Å². The van der Waals surface area contributed by atoms with Crippen LogP contribution in [0, 0.1) is 6.42 Å². The lowest BCUT2D eigenvalue weighted by molar-refractivity contribution is 0.0999. The van der Waals surface area contributed by atoms with Gasteiger partial charge < -0.3 is 10.8 Å². The van der Waals surface area contributed by atoms with Gasteiger partial charge in [0.2, 0.25) is 5.91 Å². The highest BCUT2D eigenvalue weighted by atomic mass is 16.3. The number of nitrogens with zero attached hydrogens (tertiary/aromatic N) is 1. The van der Waals surface area contributed by atoms with Gasteiger partial charge in [0.25, 0.3) is 0 Å². The highest BCUT2D eigenvalue weighted by Gasteiger charge is 2.08. The van der Waals surface area contributed by atoms with Gasteiger partial charge in [-0.1, -0.05) is 30.3 Å². The Kier molecular flexibility index (Phi) is 4.57. The number of primary amides is 1. The van der Waals surface area contributed by atoms with Gasteiger partial charge in [-0.3, -0.25) is 9.78 Å². The zero-order chi connectivity index (χ0) is 16.9. The fraction of sp³-hybridized carbons (Fsp3) is 0.0500. The van der Waals surface area contributed by atoms with Gasteiger partial charge in [0.15, 0.2) is 0 Å². The molecule has 24 heavy (non-hydrogen) atoms. The van der Waals surface area contributed by atoms with Crippen molar-refractivity contribution >= 4 is 5.91 Å². The number of pyridine rings is 1. The molecule has 1 amide bonds. The van der Waals surface area contributed by atoms with Crippen molar-refractivity contribution < 1.29 is 9.90 Å². The molecule has 0 saturated heterocycles. The minimum Gasteiger partial charge on any atom is -0.508 e. The minimum absolute atomic E-state index is 0.227. The third kappa shape index (κ3) is 3.60. The first-order valence-corrected chi connectivity index (χ1v) is 7.60. The molecule has 0 bridgehead atoms. The van der Waals surface area contributed by atoms with Crippen LogP contribution < -0.4 is 5.73 Å². The first-order valence-electron chi connectivity index (χ1n) is 7.60. The van der Waals surface area contributed by atoms with Crippen molar-refractivity contribution in [2.24, 2.45) is 5.73 Å². The quantitative estimate of drug-likeness (QED) is 0.757. The molecule has 0 saturated carbocycles. The van der Waals surface area contributed by atoms with Crippen molar-refractivity contribution in [2.45, 2.75) is 6.42 Å². The summed E-state index contributed by atoms with van der Waals surface area (Å²) in [5.74, 6) is -0.203. The van der Waals surface area contributed by atoms with Gasteiger partial charge in [0, 0.05) is 23.9 Å². The maximum absolute atomic E-state index is 11.5. The number of hydrogen-bond donors (Lipinski definition) is 2. The summed E-state index contributed by atoms with van der Waals surface area (Å²) in [4.78, 5) is 15.8. The highest BCUT2D eigenvalue weighted by Crippen LogP contribution is 2.24. The van der Waals surface area contributed by atoms with Crippen LogP contribution in [0.3, 0.4) is 0 Å². The van der Waals surface area contributed by atoms with Gasteiger partial charge in [-0.05, 0) is 53.4 Å². The molecule has 1 radical (unpaired) electrons. The van der Waals surface area contributed by atoms with E-state index in [2.05, 4.69) is 4.98 Å². The smallest absolute Gasteiger partial charge is 0.248 e. The molecular formula is C20H17N2O2. The van der Waals surface area contributed by atoms with Crippen LogP contribution in [0.4, 0.5) is 0 Å². The van der Waals surface area contributed by atoms with Crippen LogP contribution in [0.15, 0.2) is 66.9 Å². The predicted molar refractivity (Wildman–Crippen MR) is 93.4 cm³/mol. The average Bonchev–Trinajstić information content (AvgIpc) is 2.60. The van der Waals surface area contributed by atoms with E-state index in [1.807, 2.05) is 36.8 Å². The number of rotatable bonds is 5. The lowest BCUT2D eigenvalue weighted by atomic mass is 10.00. The Labute approximate surface area is 140 Å². The number of phenols is 1. The van der Waals surface area contributed by atoms with Crippen LogP contribution in [0.25, 0.3) is 11.1 Å². The molecule has 0 aliphatic heterocycles. The van der Waals surface area contributed by atoms with Crippen molar-refractivity contribution in [3.63, 3.8) is 0 Å². The molecule has 3 rings (SSSR count). The van der Waals surface area contributed by atoms with Crippen molar-refractivity contribution in [1.29, 1.82) is 0 Å². The molecule has 0 spiro atoms. The summed E-state index contributed by atoms with van der Waals surface area (Å²) in [5.41, 5.74) is 9.49. The fourth-order valence-electron chi connectivity index (χ4n) is 2.58. The number of carbonyl (C=O) groups is 1. The second-order valence-corrected chi connectivity index (χ2v) is 5.45. The molecule has 0 aliphatic carbocycles. The monoisotopic (exact) mass is 317 g/mol. The van der Waals surface area contributed by atoms with Crippen molar-refractivity contribution in [2.75, 3.05) is 0 Å². The molecule has 4 nitrogen and oxygen atoms in total. The highest BCUT2D eigenvalue weighted by molar-refractivity contribution is 5.94. The van der Waals surface area contributed by atoms with Crippen LogP contribution in [-0.2, 0) is 6.42 Å². The second kappa shape index (κ2) is 6.96. The number of carbonyl (C=O) groups excluding carboxylic acids is 1. The normalized spacial score (nSPS) is 10.5. The van der Waals surface area contributed by atoms with Crippen LogP contribution in [0.2, 0.25) is 0 Å². The third-order valence-corrected chi connectivity index (χ3v) is 3.77. The summed E-state index contributed by atoms with van der Waals surface area (Å²) in [6.45, 7) is 0. The van der Waals surface area contributed by atoms with Crippen LogP contribution in [0.5, 0.6) is 5.75 Å². The number of benzene rings is 2. The molecule has 1 aromatic heterocycles. The largest absolute Gasteiger partial charge is 0.508 e. The number of phenolic OH excluding ortho intramolecular Hbond substituents is 1. The predicted octanol–water partition coefficient (Wildman–Crippen LogP) is 3.35. The number of aromatic nitrogens is 1. The molecule has 0 aliphatic rings. The van der Waals surface area contributed by atoms with Gasteiger partial charge in [0.1, 0.15) is 5.75 Å². The fourth-order valence-corrected chi connectivity index (χ4v) is 2.58. The average molecular weight is 317 g/mol. The number of hydrogen-bond acceptors (Lipinski definition) is 3. The van der Waals surface area contributed by atoms with E-state index in [4.69, 9.17) is 5.73 Å². The molecular weight excluding hydrogens is 300 g/mol. The molecule has 0 fully saturated rings. The Bertz CT molecular complexity index is 875. The van der Waals surface area contributed by atoms with Crippen molar-refractivity contribution in [3.05, 3.63) is 90.1 Å². The van der Waals surface area contributed by atoms with Crippen LogP contribution in [0.1, 0.15) is 21.6 Å².